The summed E-state index contributed by atoms with van der Waals surface area (Å²) in [5.74, 6) is -2.93. The Hall–Kier alpha value is -1.93. The van der Waals surface area contributed by atoms with Crippen molar-refractivity contribution in [2.24, 2.45) is 0 Å². The number of carbonyl (C=O) groups is 1. The zero-order valence-electron chi connectivity index (χ0n) is 8.38. The number of carboxylic acids is 1. The van der Waals surface area contributed by atoms with Crippen molar-refractivity contribution in [3.8, 4) is 5.75 Å². The molecule has 0 spiro atoms. The monoisotopic (exact) mass is 276 g/mol. The average molecular weight is 276 g/mol. The number of hydrogen-bond acceptors (Lipinski definition) is 2. The van der Waals surface area contributed by atoms with Gasteiger partial charge in [0, 0.05) is 0 Å². The van der Waals surface area contributed by atoms with Gasteiger partial charge in [0.2, 0.25) is 0 Å². The van der Waals surface area contributed by atoms with E-state index in [1.54, 1.807) is 0 Å². The predicted molar refractivity (Wildman–Crippen MR) is 46.8 cm³/mol. The minimum atomic E-state index is -5.08. The van der Waals surface area contributed by atoms with Gasteiger partial charge in [-0.2, -0.15) is 26.3 Å². The highest BCUT2D eigenvalue weighted by Gasteiger charge is 2.38. The van der Waals surface area contributed by atoms with E-state index < -0.39 is 23.9 Å². The van der Waals surface area contributed by atoms with Crippen LogP contribution in [0.4, 0.5) is 26.3 Å². The summed E-state index contributed by atoms with van der Waals surface area (Å²) in [5, 5.41) is 15.8. The van der Waals surface area contributed by atoms with Crippen molar-refractivity contribution in [1.29, 1.82) is 0 Å². The van der Waals surface area contributed by atoms with E-state index in [-0.39, 0.29) is 5.75 Å². The molecular formula is C9H6F6O3. The van der Waals surface area contributed by atoms with E-state index in [1.807, 2.05) is 0 Å². The molecule has 1 aromatic rings. The summed E-state index contributed by atoms with van der Waals surface area (Å²) in [6, 6.07) is 3.66. The van der Waals surface area contributed by atoms with Crippen molar-refractivity contribution >= 4 is 5.97 Å². The number of halogens is 6. The van der Waals surface area contributed by atoms with Crippen LogP contribution >= 0.6 is 0 Å². The summed E-state index contributed by atoms with van der Waals surface area (Å²) in [5.41, 5.74) is -0.754. The molecule has 0 fully saturated rings. The summed E-state index contributed by atoms with van der Waals surface area (Å²) in [7, 11) is 0. The molecule has 1 rings (SSSR count). The van der Waals surface area contributed by atoms with Gasteiger partial charge in [-0.15, -0.1) is 0 Å². The van der Waals surface area contributed by atoms with Gasteiger partial charge in [0.05, 0.1) is 5.56 Å². The highest BCUT2D eigenvalue weighted by atomic mass is 19.4. The number of phenols is 1. The first-order valence-corrected chi connectivity index (χ1v) is 4.11. The van der Waals surface area contributed by atoms with E-state index in [4.69, 9.17) is 15.0 Å². The zero-order valence-corrected chi connectivity index (χ0v) is 8.38. The van der Waals surface area contributed by atoms with Crippen LogP contribution in [0.2, 0.25) is 0 Å². The van der Waals surface area contributed by atoms with Gasteiger partial charge >= 0.3 is 18.3 Å². The quantitative estimate of drug-likeness (QED) is 0.716. The van der Waals surface area contributed by atoms with Gasteiger partial charge in [-0.3, -0.25) is 0 Å². The van der Waals surface area contributed by atoms with Crippen LogP contribution in [0.5, 0.6) is 5.75 Å². The second kappa shape index (κ2) is 5.61. The largest absolute Gasteiger partial charge is 0.508 e. The summed E-state index contributed by atoms with van der Waals surface area (Å²) in [4.78, 5) is 8.90. The third-order valence-corrected chi connectivity index (χ3v) is 1.44. The number of benzene rings is 1. The first kappa shape index (κ1) is 16.1. The van der Waals surface area contributed by atoms with Gasteiger partial charge < -0.3 is 10.2 Å². The smallest absolute Gasteiger partial charge is 0.490 e. The molecule has 0 heterocycles. The number of aliphatic carboxylic acids is 1. The van der Waals surface area contributed by atoms with Crippen molar-refractivity contribution in [1.82, 2.24) is 0 Å². The Morgan fingerprint density at radius 1 is 0.944 bits per heavy atom. The van der Waals surface area contributed by atoms with Crippen molar-refractivity contribution < 1.29 is 41.4 Å². The lowest BCUT2D eigenvalue weighted by atomic mass is 10.2. The fourth-order valence-corrected chi connectivity index (χ4v) is 0.650. The minimum Gasteiger partial charge on any atom is -0.508 e. The van der Waals surface area contributed by atoms with Gasteiger partial charge in [0.1, 0.15) is 5.75 Å². The number of carboxylic acid groups (broad SMARTS) is 1. The van der Waals surface area contributed by atoms with Crippen LogP contribution in [0.1, 0.15) is 5.56 Å². The molecule has 9 heteroatoms. The molecule has 0 amide bonds. The Morgan fingerprint density at radius 3 is 1.50 bits per heavy atom. The first-order chi connectivity index (χ1) is 7.94. The summed E-state index contributed by atoms with van der Waals surface area (Å²) in [6.07, 6.45) is -9.41. The maximum atomic E-state index is 11.8. The molecule has 0 aliphatic heterocycles. The lowest BCUT2D eigenvalue weighted by molar-refractivity contribution is -0.192. The molecule has 0 aliphatic rings. The number of rotatable bonds is 0. The highest BCUT2D eigenvalue weighted by Crippen LogP contribution is 2.29. The SMILES string of the molecule is O=C(O)C(F)(F)F.Oc1ccc(C(F)(F)F)cc1. The van der Waals surface area contributed by atoms with Crippen molar-refractivity contribution in [2.45, 2.75) is 12.4 Å². The van der Waals surface area contributed by atoms with Crippen molar-refractivity contribution in [2.75, 3.05) is 0 Å². The minimum absolute atomic E-state index is 0.169. The normalized spacial score (nSPS) is 11.4. The number of hydrogen-bond donors (Lipinski definition) is 2. The van der Waals surface area contributed by atoms with Crippen LogP contribution in [0.15, 0.2) is 24.3 Å². The Balaban J connectivity index is 0.000000360. The third kappa shape index (κ3) is 5.97. The number of phenolic OH excluding ortho intramolecular Hbond substituents is 1. The second-order valence-electron chi connectivity index (χ2n) is 2.85. The van der Waals surface area contributed by atoms with Crippen LogP contribution in [0.25, 0.3) is 0 Å². The van der Waals surface area contributed by atoms with Gasteiger partial charge in [0.15, 0.2) is 0 Å². The lowest BCUT2D eigenvalue weighted by Crippen LogP contribution is -2.21. The Morgan fingerprint density at radius 2 is 1.28 bits per heavy atom. The van der Waals surface area contributed by atoms with E-state index in [1.165, 1.54) is 0 Å². The van der Waals surface area contributed by atoms with Crippen LogP contribution < -0.4 is 0 Å². The van der Waals surface area contributed by atoms with Gasteiger partial charge in [0.25, 0.3) is 0 Å². The summed E-state index contributed by atoms with van der Waals surface area (Å²) >= 11 is 0. The van der Waals surface area contributed by atoms with E-state index in [0.29, 0.717) is 0 Å². The summed E-state index contributed by atoms with van der Waals surface area (Å²) < 4.78 is 67.2. The Labute approximate surface area is 96.3 Å². The number of aromatic hydroxyl groups is 1. The van der Waals surface area contributed by atoms with Crippen molar-refractivity contribution in [3.63, 3.8) is 0 Å². The number of alkyl halides is 6. The molecule has 1 aromatic carbocycles. The van der Waals surface area contributed by atoms with Crippen molar-refractivity contribution in [3.05, 3.63) is 29.8 Å². The van der Waals surface area contributed by atoms with Gasteiger partial charge in [-0.1, -0.05) is 0 Å². The predicted octanol–water partition coefficient (Wildman–Crippen LogP) is 3.04. The molecule has 0 radical (unpaired) electrons. The van der Waals surface area contributed by atoms with Gasteiger partial charge in [-0.05, 0) is 24.3 Å². The zero-order chi connectivity index (χ0) is 14.6. The molecule has 0 aliphatic carbocycles. The van der Waals surface area contributed by atoms with E-state index in [0.717, 1.165) is 24.3 Å². The Bertz CT molecular complexity index is 392. The molecule has 0 saturated heterocycles. The van der Waals surface area contributed by atoms with Crippen LogP contribution in [-0.4, -0.2) is 22.4 Å². The van der Waals surface area contributed by atoms with Crippen LogP contribution in [0.3, 0.4) is 0 Å². The Kier molecular flexibility index (Phi) is 5.00. The topological polar surface area (TPSA) is 57.5 Å². The fourth-order valence-electron chi connectivity index (χ4n) is 0.650. The highest BCUT2D eigenvalue weighted by molar-refractivity contribution is 5.73. The molecule has 3 nitrogen and oxygen atoms in total. The third-order valence-electron chi connectivity index (χ3n) is 1.44. The lowest BCUT2D eigenvalue weighted by Gasteiger charge is -2.04. The molecule has 102 valence electrons. The second-order valence-corrected chi connectivity index (χ2v) is 2.85. The molecule has 0 aromatic heterocycles. The van der Waals surface area contributed by atoms with Crippen LogP contribution in [0, 0.1) is 0 Å². The molecule has 18 heavy (non-hydrogen) atoms. The molecular weight excluding hydrogens is 270 g/mol. The van der Waals surface area contributed by atoms with E-state index >= 15 is 0 Å². The maximum absolute atomic E-state index is 11.8. The first-order valence-electron chi connectivity index (χ1n) is 4.11. The van der Waals surface area contributed by atoms with E-state index in [9.17, 15) is 26.3 Å². The molecule has 0 atom stereocenters. The molecule has 0 unspecified atom stereocenters. The molecule has 2 N–H and O–H groups in total. The molecule has 0 saturated carbocycles. The summed E-state index contributed by atoms with van der Waals surface area (Å²) in [6.45, 7) is 0. The standard InChI is InChI=1S/C7H5F3O.C2HF3O2/c8-7(9,10)5-1-3-6(11)4-2-5;3-2(4,5)1(6)7/h1-4,11H;(H,6,7). The van der Waals surface area contributed by atoms with Gasteiger partial charge in [-0.25, -0.2) is 4.79 Å². The average Bonchev–Trinajstić information content (AvgIpc) is 2.16. The fraction of sp³-hybridized carbons (Fsp3) is 0.222. The van der Waals surface area contributed by atoms with E-state index in [2.05, 4.69) is 0 Å². The van der Waals surface area contributed by atoms with Crippen LogP contribution in [-0.2, 0) is 11.0 Å². The molecule has 0 bridgehead atoms. The maximum Gasteiger partial charge on any atom is 0.490 e.